The van der Waals surface area contributed by atoms with E-state index in [0.717, 1.165) is 91.5 Å². The number of hydrogen-bond donors (Lipinski definition) is 0. The zero-order chi connectivity index (χ0) is 35.1. The molecule has 248 valence electrons. The van der Waals surface area contributed by atoms with Crippen LogP contribution in [0.3, 0.4) is 0 Å². The number of benzene rings is 8. The summed E-state index contributed by atoms with van der Waals surface area (Å²) in [5.41, 5.74) is 5.35. The van der Waals surface area contributed by atoms with Crippen LogP contribution in [0.2, 0.25) is 0 Å². The lowest BCUT2D eigenvalue weighted by Gasteiger charge is -2.20. The van der Waals surface area contributed by atoms with Gasteiger partial charge in [0.2, 0.25) is 0 Å². The Morgan fingerprint density at radius 3 is 1.25 bits per heavy atom. The van der Waals surface area contributed by atoms with Gasteiger partial charge in [0.1, 0.15) is 23.0 Å². The normalized spacial score (nSPS) is 11.1. The van der Waals surface area contributed by atoms with Crippen molar-refractivity contribution in [3.05, 3.63) is 142 Å². The summed E-state index contributed by atoms with van der Waals surface area (Å²) in [6.07, 6.45) is 0. The number of methoxy groups -OCH3 is 4. The number of rotatable bonds is 6. The lowest BCUT2D eigenvalue weighted by molar-refractivity contribution is 0.409. The molecule has 0 spiro atoms. The van der Waals surface area contributed by atoms with Gasteiger partial charge < -0.3 is 18.9 Å². The molecule has 0 radical (unpaired) electrons. The Balaban J connectivity index is 1.44. The molecule has 0 aromatic heterocycles. The summed E-state index contributed by atoms with van der Waals surface area (Å²) in [6, 6.07) is 43.9. The van der Waals surface area contributed by atoms with E-state index in [1.807, 2.05) is 12.1 Å². The monoisotopic (exact) mass is 776 g/mol. The van der Waals surface area contributed by atoms with Gasteiger partial charge >= 0.3 is 0 Å². The third kappa shape index (κ3) is 5.47. The van der Waals surface area contributed by atoms with Gasteiger partial charge in [0.15, 0.2) is 0 Å². The smallest absolute Gasteiger partial charge is 0.143 e. The van der Waals surface area contributed by atoms with Crippen LogP contribution in [0.4, 0.5) is 0 Å². The molecule has 0 aliphatic rings. The molecule has 8 aromatic rings. The fourth-order valence-electron chi connectivity index (χ4n) is 7.32. The van der Waals surface area contributed by atoms with E-state index in [1.54, 1.807) is 28.4 Å². The van der Waals surface area contributed by atoms with Gasteiger partial charge in [-0.05, 0) is 89.9 Å². The lowest BCUT2D eigenvalue weighted by atomic mass is 9.89. The molecule has 0 atom stereocenters. The Bertz CT molecular complexity index is 2720. The molecule has 0 N–H and O–H groups in total. The maximum atomic E-state index is 6.31. The molecule has 0 amide bonds. The highest BCUT2D eigenvalue weighted by atomic mass is 127. The van der Waals surface area contributed by atoms with E-state index in [9.17, 15) is 0 Å². The van der Waals surface area contributed by atoms with Gasteiger partial charge in [-0.3, -0.25) is 0 Å². The second-order valence-electron chi connectivity index (χ2n) is 12.2. The van der Waals surface area contributed by atoms with E-state index in [1.165, 1.54) is 0 Å². The van der Waals surface area contributed by atoms with E-state index in [4.69, 9.17) is 18.9 Å². The van der Waals surface area contributed by atoms with Crippen LogP contribution < -0.4 is 18.9 Å². The molecular weight excluding hydrogens is 743 g/mol. The maximum absolute atomic E-state index is 6.31. The number of halogens is 1. The van der Waals surface area contributed by atoms with E-state index in [2.05, 4.69) is 150 Å². The first-order valence-corrected chi connectivity index (χ1v) is 17.7. The van der Waals surface area contributed by atoms with Gasteiger partial charge in [0.25, 0.3) is 0 Å². The van der Waals surface area contributed by atoms with Gasteiger partial charge in [-0.25, -0.2) is 0 Å². The zero-order valence-electron chi connectivity index (χ0n) is 28.6. The molecule has 0 bridgehead atoms. The van der Waals surface area contributed by atoms with Crippen molar-refractivity contribution in [2.45, 2.75) is 0 Å². The fraction of sp³-hybridized carbons (Fsp3) is 0.0870. The largest absolute Gasteiger partial charge is 0.496 e. The average Bonchev–Trinajstić information content (AvgIpc) is 3.17. The first kappa shape index (κ1) is 32.5. The van der Waals surface area contributed by atoms with E-state index in [0.29, 0.717) is 11.5 Å². The van der Waals surface area contributed by atoms with Crippen LogP contribution in [0.5, 0.6) is 23.0 Å². The predicted octanol–water partition coefficient (Wildman–Crippen LogP) is 11.7. The van der Waals surface area contributed by atoms with Crippen LogP contribution in [0, 0.1) is 15.4 Å². The maximum Gasteiger partial charge on any atom is 0.143 e. The Kier molecular flexibility index (Phi) is 8.63. The quantitative estimate of drug-likeness (QED) is 0.124. The lowest BCUT2D eigenvalue weighted by Crippen LogP contribution is -1.99. The summed E-state index contributed by atoms with van der Waals surface area (Å²) in [6.45, 7) is 0. The standard InChI is InChI=1S/C46H33IO4/c1-48-39-24-23-28-13-5-9-17-34(28)40(39)41-35-18-10-6-14-29(35)25-32(44(41)49-2)21-22-33-26-30-15-7-11-19-36(30)42(45(33)50-3)43-37-20-12-8-16-31(37)27-38(47)46(43)51-4/h5-20,23-27H,1-4H3. The summed E-state index contributed by atoms with van der Waals surface area (Å²) >= 11 is 2.36. The van der Waals surface area contributed by atoms with Crippen molar-refractivity contribution in [2.75, 3.05) is 28.4 Å². The molecule has 8 aromatic carbocycles. The molecular formula is C46H33IO4. The second kappa shape index (κ2) is 13.5. The van der Waals surface area contributed by atoms with Crippen molar-refractivity contribution >= 4 is 65.7 Å². The van der Waals surface area contributed by atoms with Crippen molar-refractivity contribution in [3.8, 4) is 57.1 Å². The Morgan fingerprint density at radius 2 is 0.784 bits per heavy atom. The minimum absolute atomic E-state index is 0.682. The third-order valence-electron chi connectivity index (χ3n) is 9.51. The van der Waals surface area contributed by atoms with Crippen LogP contribution in [0.15, 0.2) is 127 Å². The van der Waals surface area contributed by atoms with Crippen molar-refractivity contribution < 1.29 is 18.9 Å². The molecule has 0 fully saturated rings. The topological polar surface area (TPSA) is 36.9 Å². The first-order chi connectivity index (χ1) is 25.1. The molecule has 0 unspecified atom stereocenters. The van der Waals surface area contributed by atoms with Gasteiger partial charge in [-0.2, -0.15) is 0 Å². The first-order valence-electron chi connectivity index (χ1n) is 16.6. The molecule has 0 heterocycles. The van der Waals surface area contributed by atoms with Crippen molar-refractivity contribution in [2.24, 2.45) is 0 Å². The van der Waals surface area contributed by atoms with E-state index < -0.39 is 0 Å². The SMILES string of the molecule is COc1ccc2ccccc2c1-c1c(OC)c(C#Cc2cc3ccccc3c(-c3c(OC)c(I)cc4ccccc34)c2OC)cc2ccccc12. The molecule has 51 heavy (non-hydrogen) atoms. The summed E-state index contributed by atoms with van der Waals surface area (Å²) in [4.78, 5) is 0. The zero-order valence-corrected chi connectivity index (χ0v) is 30.8. The van der Waals surface area contributed by atoms with Crippen molar-refractivity contribution in [1.82, 2.24) is 0 Å². The van der Waals surface area contributed by atoms with Crippen molar-refractivity contribution in [1.29, 1.82) is 0 Å². The highest BCUT2D eigenvalue weighted by molar-refractivity contribution is 14.1. The second-order valence-corrected chi connectivity index (χ2v) is 13.4. The van der Waals surface area contributed by atoms with Crippen LogP contribution in [-0.2, 0) is 0 Å². The predicted molar refractivity (Wildman–Crippen MR) is 219 cm³/mol. The molecule has 5 heteroatoms. The highest BCUT2D eigenvalue weighted by Crippen LogP contribution is 2.49. The Hall–Kier alpha value is -5.71. The van der Waals surface area contributed by atoms with Gasteiger partial charge in [0.05, 0.1) is 43.1 Å². The average molecular weight is 777 g/mol. The minimum atomic E-state index is 0.682. The summed E-state index contributed by atoms with van der Waals surface area (Å²) in [5.74, 6) is 10.0. The van der Waals surface area contributed by atoms with Crippen molar-refractivity contribution in [3.63, 3.8) is 0 Å². The van der Waals surface area contributed by atoms with Gasteiger partial charge in [-0.1, -0.05) is 115 Å². The van der Waals surface area contributed by atoms with Gasteiger partial charge in [-0.15, -0.1) is 0 Å². The molecule has 0 aliphatic heterocycles. The summed E-state index contributed by atoms with van der Waals surface area (Å²) in [5, 5.41) is 8.60. The minimum Gasteiger partial charge on any atom is -0.496 e. The molecule has 0 saturated heterocycles. The Morgan fingerprint density at radius 1 is 0.392 bits per heavy atom. The highest BCUT2D eigenvalue weighted by Gasteiger charge is 2.24. The van der Waals surface area contributed by atoms with Crippen LogP contribution in [-0.4, -0.2) is 28.4 Å². The molecule has 0 aliphatic carbocycles. The number of fused-ring (bicyclic) bond motifs is 4. The summed E-state index contributed by atoms with van der Waals surface area (Å²) in [7, 11) is 6.85. The molecule has 0 saturated carbocycles. The van der Waals surface area contributed by atoms with Crippen LogP contribution >= 0.6 is 22.6 Å². The van der Waals surface area contributed by atoms with Gasteiger partial charge in [0, 0.05) is 22.3 Å². The van der Waals surface area contributed by atoms with Crippen LogP contribution in [0.1, 0.15) is 11.1 Å². The molecule has 4 nitrogen and oxygen atoms in total. The summed E-state index contributed by atoms with van der Waals surface area (Å²) < 4.78 is 25.7. The fourth-order valence-corrected chi connectivity index (χ4v) is 8.14. The number of ether oxygens (including phenoxy) is 4. The third-order valence-corrected chi connectivity index (χ3v) is 10.3. The Labute approximate surface area is 310 Å². The molecule has 8 rings (SSSR count). The van der Waals surface area contributed by atoms with E-state index >= 15 is 0 Å². The van der Waals surface area contributed by atoms with Crippen LogP contribution in [0.25, 0.3) is 65.3 Å². The van der Waals surface area contributed by atoms with E-state index in [-0.39, 0.29) is 0 Å². The number of hydrogen-bond acceptors (Lipinski definition) is 4.